The summed E-state index contributed by atoms with van der Waals surface area (Å²) >= 11 is 7.01. The second-order valence-electron chi connectivity index (χ2n) is 4.08. The molecule has 1 heterocycles. The summed E-state index contributed by atoms with van der Waals surface area (Å²) < 4.78 is 5.11. The zero-order chi connectivity index (χ0) is 15.4. The summed E-state index contributed by atoms with van der Waals surface area (Å²) in [6.45, 7) is -0.443. The fourth-order valence-corrected chi connectivity index (χ4v) is 2.71. The van der Waals surface area contributed by atoms with Crippen LogP contribution in [0.5, 0.6) is 5.75 Å². The SMILES string of the molecule is COc1ccsc1C(=O)N(CC(=O)O)c1ccc(Cl)cc1. The number of nitrogens with zero attached hydrogens (tertiary/aromatic N) is 1. The molecule has 2 rings (SSSR count). The van der Waals surface area contributed by atoms with Crippen LogP contribution in [0.1, 0.15) is 9.67 Å². The average Bonchev–Trinajstić information content (AvgIpc) is 2.93. The van der Waals surface area contributed by atoms with E-state index < -0.39 is 18.4 Å². The van der Waals surface area contributed by atoms with Gasteiger partial charge in [0, 0.05) is 10.7 Å². The number of carboxylic acid groups (broad SMARTS) is 1. The summed E-state index contributed by atoms with van der Waals surface area (Å²) in [5.74, 6) is -1.10. The molecule has 0 aliphatic heterocycles. The van der Waals surface area contributed by atoms with Crippen LogP contribution >= 0.6 is 22.9 Å². The molecule has 110 valence electrons. The number of halogens is 1. The van der Waals surface area contributed by atoms with Gasteiger partial charge in [-0.25, -0.2) is 0 Å². The summed E-state index contributed by atoms with van der Waals surface area (Å²) in [7, 11) is 1.46. The monoisotopic (exact) mass is 325 g/mol. The predicted octanol–water partition coefficient (Wildman–Crippen LogP) is 3.14. The first-order valence-corrected chi connectivity index (χ1v) is 7.19. The van der Waals surface area contributed by atoms with E-state index in [-0.39, 0.29) is 0 Å². The van der Waals surface area contributed by atoms with Crippen LogP contribution in [-0.4, -0.2) is 30.6 Å². The van der Waals surface area contributed by atoms with Crippen LogP contribution in [0.15, 0.2) is 35.7 Å². The summed E-state index contributed by atoms with van der Waals surface area (Å²) in [5, 5.41) is 11.2. The highest BCUT2D eigenvalue weighted by Crippen LogP contribution is 2.28. The molecule has 2 aromatic rings. The molecule has 0 aliphatic carbocycles. The van der Waals surface area contributed by atoms with Crippen LogP contribution < -0.4 is 9.64 Å². The van der Waals surface area contributed by atoms with Crippen LogP contribution in [0.3, 0.4) is 0 Å². The van der Waals surface area contributed by atoms with Crippen molar-refractivity contribution >= 4 is 40.5 Å². The number of amides is 1. The molecule has 0 bridgehead atoms. The zero-order valence-electron chi connectivity index (χ0n) is 11.1. The lowest BCUT2D eigenvalue weighted by Crippen LogP contribution is -2.35. The van der Waals surface area contributed by atoms with Crippen molar-refractivity contribution in [2.75, 3.05) is 18.6 Å². The molecular formula is C14H12ClNO4S. The van der Waals surface area contributed by atoms with E-state index in [1.165, 1.54) is 23.3 Å². The number of carboxylic acids is 1. The molecule has 0 spiro atoms. The highest BCUT2D eigenvalue weighted by atomic mass is 35.5. The molecule has 0 unspecified atom stereocenters. The molecule has 1 aromatic carbocycles. The minimum absolute atomic E-state index is 0.355. The van der Waals surface area contributed by atoms with Gasteiger partial charge >= 0.3 is 5.97 Å². The smallest absolute Gasteiger partial charge is 0.323 e. The average molecular weight is 326 g/mol. The molecule has 5 nitrogen and oxygen atoms in total. The van der Waals surface area contributed by atoms with Crippen LogP contribution in [0.2, 0.25) is 5.02 Å². The van der Waals surface area contributed by atoms with Gasteiger partial charge in [0.05, 0.1) is 7.11 Å². The molecule has 21 heavy (non-hydrogen) atoms. The van der Waals surface area contributed by atoms with Crippen molar-refractivity contribution in [3.8, 4) is 5.75 Å². The quantitative estimate of drug-likeness (QED) is 0.917. The van der Waals surface area contributed by atoms with Gasteiger partial charge in [-0.15, -0.1) is 11.3 Å². The Morgan fingerprint density at radius 1 is 1.29 bits per heavy atom. The van der Waals surface area contributed by atoms with E-state index in [0.717, 1.165) is 0 Å². The lowest BCUT2D eigenvalue weighted by atomic mass is 10.2. The van der Waals surface area contributed by atoms with Crippen LogP contribution in [-0.2, 0) is 4.79 Å². The number of thiophene rings is 1. The van der Waals surface area contributed by atoms with E-state index in [2.05, 4.69) is 0 Å². The summed E-state index contributed by atoms with van der Waals surface area (Å²) in [5.41, 5.74) is 0.460. The Morgan fingerprint density at radius 3 is 2.52 bits per heavy atom. The van der Waals surface area contributed by atoms with Gasteiger partial charge in [-0.3, -0.25) is 14.5 Å². The fourth-order valence-electron chi connectivity index (χ4n) is 1.77. The fraction of sp³-hybridized carbons (Fsp3) is 0.143. The Kier molecular flexibility index (Phi) is 4.82. The number of ether oxygens (including phenoxy) is 1. The molecule has 0 atom stereocenters. The van der Waals surface area contributed by atoms with E-state index in [9.17, 15) is 9.59 Å². The van der Waals surface area contributed by atoms with E-state index in [1.54, 1.807) is 35.7 Å². The van der Waals surface area contributed by atoms with Crippen molar-refractivity contribution < 1.29 is 19.4 Å². The van der Waals surface area contributed by atoms with Crippen molar-refractivity contribution in [2.24, 2.45) is 0 Å². The van der Waals surface area contributed by atoms with E-state index >= 15 is 0 Å². The van der Waals surface area contributed by atoms with Gasteiger partial charge in [-0.05, 0) is 35.7 Å². The van der Waals surface area contributed by atoms with Crippen LogP contribution in [0.25, 0.3) is 0 Å². The minimum Gasteiger partial charge on any atom is -0.495 e. The van der Waals surface area contributed by atoms with E-state index in [1.807, 2.05) is 0 Å². The Labute approximate surface area is 130 Å². The number of anilines is 1. The third kappa shape index (κ3) is 3.53. The van der Waals surface area contributed by atoms with Crippen LogP contribution in [0, 0.1) is 0 Å². The maximum Gasteiger partial charge on any atom is 0.323 e. The van der Waals surface area contributed by atoms with Crippen molar-refractivity contribution in [1.82, 2.24) is 0 Å². The third-order valence-corrected chi connectivity index (χ3v) is 3.86. The lowest BCUT2D eigenvalue weighted by Gasteiger charge is -2.20. The Morgan fingerprint density at radius 2 is 1.95 bits per heavy atom. The summed E-state index contributed by atoms with van der Waals surface area (Å²) in [6.07, 6.45) is 0. The van der Waals surface area contributed by atoms with Gasteiger partial charge in [0.15, 0.2) is 0 Å². The molecule has 7 heteroatoms. The summed E-state index contributed by atoms with van der Waals surface area (Å²) in [4.78, 5) is 25.1. The number of carbonyl (C=O) groups excluding carboxylic acids is 1. The van der Waals surface area contributed by atoms with Gasteiger partial charge in [0.25, 0.3) is 5.91 Å². The summed E-state index contributed by atoms with van der Waals surface area (Å²) in [6, 6.07) is 8.07. The van der Waals surface area contributed by atoms with E-state index in [4.69, 9.17) is 21.4 Å². The number of hydrogen-bond acceptors (Lipinski definition) is 4. The van der Waals surface area contributed by atoms with Gasteiger partial charge in [-0.2, -0.15) is 0 Å². The molecule has 0 aliphatic rings. The largest absolute Gasteiger partial charge is 0.495 e. The maximum atomic E-state index is 12.6. The molecule has 0 radical (unpaired) electrons. The molecule has 1 aromatic heterocycles. The highest BCUT2D eigenvalue weighted by Gasteiger charge is 2.24. The molecule has 0 saturated carbocycles. The van der Waals surface area contributed by atoms with Crippen molar-refractivity contribution in [1.29, 1.82) is 0 Å². The number of rotatable bonds is 5. The van der Waals surface area contributed by atoms with Crippen molar-refractivity contribution in [3.63, 3.8) is 0 Å². The lowest BCUT2D eigenvalue weighted by molar-refractivity contribution is -0.135. The number of carbonyl (C=O) groups is 2. The highest BCUT2D eigenvalue weighted by molar-refractivity contribution is 7.12. The van der Waals surface area contributed by atoms with Crippen molar-refractivity contribution in [3.05, 3.63) is 45.6 Å². The number of methoxy groups -OCH3 is 1. The first-order valence-electron chi connectivity index (χ1n) is 5.93. The predicted molar refractivity (Wildman–Crippen MR) is 81.6 cm³/mol. The van der Waals surface area contributed by atoms with Gasteiger partial charge < -0.3 is 9.84 Å². The van der Waals surface area contributed by atoms with E-state index in [0.29, 0.717) is 21.3 Å². The molecule has 1 amide bonds. The van der Waals surface area contributed by atoms with Gasteiger partial charge in [0.1, 0.15) is 17.2 Å². The standard InChI is InChI=1S/C14H12ClNO4S/c1-20-11-6-7-21-13(11)14(19)16(8-12(17)18)10-4-2-9(15)3-5-10/h2-7H,8H2,1H3,(H,17,18). The van der Waals surface area contributed by atoms with Gasteiger partial charge in [0.2, 0.25) is 0 Å². The topological polar surface area (TPSA) is 66.8 Å². The van der Waals surface area contributed by atoms with Gasteiger partial charge in [-0.1, -0.05) is 11.6 Å². The molecular weight excluding hydrogens is 314 g/mol. The number of hydrogen-bond donors (Lipinski definition) is 1. The second kappa shape index (κ2) is 6.60. The molecule has 1 N–H and O–H groups in total. The Hall–Kier alpha value is -2.05. The number of benzene rings is 1. The molecule has 0 fully saturated rings. The third-order valence-electron chi connectivity index (χ3n) is 2.72. The minimum atomic E-state index is -1.10. The molecule has 0 saturated heterocycles. The first-order chi connectivity index (χ1) is 10.0. The number of aliphatic carboxylic acids is 1. The maximum absolute atomic E-state index is 12.6. The van der Waals surface area contributed by atoms with Crippen LogP contribution in [0.4, 0.5) is 5.69 Å². The second-order valence-corrected chi connectivity index (χ2v) is 5.43. The van der Waals surface area contributed by atoms with Crippen molar-refractivity contribution in [2.45, 2.75) is 0 Å². The zero-order valence-corrected chi connectivity index (χ0v) is 12.6. The Balaban J connectivity index is 2.38. The first kappa shape index (κ1) is 15.3. The Bertz CT molecular complexity index is 653. The normalized spacial score (nSPS) is 10.2.